The van der Waals surface area contributed by atoms with Gasteiger partial charge in [0.1, 0.15) is 0 Å². The van der Waals surface area contributed by atoms with E-state index in [-0.39, 0.29) is 0 Å². The molecule has 142 valence electrons. The molecule has 1 N–H and O–H groups in total. The van der Waals surface area contributed by atoms with Crippen molar-refractivity contribution in [3.05, 3.63) is 39.2 Å². The van der Waals surface area contributed by atoms with E-state index in [4.69, 9.17) is 0 Å². The van der Waals surface area contributed by atoms with Crippen molar-refractivity contribution < 1.29 is 0 Å². The first-order valence-corrected chi connectivity index (χ1v) is 11.2. The fourth-order valence-corrected chi connectivity index (χ4v) is 5.69. The van der Waals surface area contributed by atoms with Gasteiger partial charge in [-0.05, 0) is 64.3 Å². The fraction of sp³-hybridized carbons (Fsp3) is 0.636. The predicted molar refractivity (Wildman–Crippen MR) is 112 cm³/mol. The van der Waals surface area contributed by atoms with Crippen molar-refractivity contribution >= 4 is 16.9 Å². The minimum absolute atomic E-state index is 0.853. The van der Waals surface area contributed by atoms with Crippen molar-refractivity contribution in [1.29, 1.82) is 0 Å². The largest absolute Gasteiger partial charge is 0.384 e. The van der Waals surface area contributed by atoms with E-state index < -0.39 is 0 Å². The Morgan fingerprint density at radius 3 is 2.62 bits per heavy atom. The van der Waals surface area contributed by atoms with Crippen LogP contribution < -0.4 is 5.32 Å². The molecule has 4 rings (SSSR count). The monoisotopic (exact) mass is 371 g/mol. The predicted octanol–water partition coefficient (Wildman–Crippen LogP) is 4.48. The maximum atomic E-state index is 3.56. The molecule has 4 heterocycles. The molecule has 3 nitrogen and oxygen atoms in total. The normalized spacial score (nSPS) is 23.4. The lowest BCUT2D eigenvalue weighted by Crippen LogP contribution is -2.43. The average Bonchev–Trinajstić information content (AvgIpc) is 3.35. The minimum atomic E-state index is 0.853. The van der Waals surface area contributed by atoms with Gasteiger partial charge in [0, 0.05) is 53.2 Å². The van der Waals surface area contributed by atoms with Crippen LogP contribution in [0.15, 0.2) is 29.5 Å². The van der Waals surface area contributed by atoms with Gasteiger partial charge in [-0.2, -0.15) is 0 Å². The van der Waals surface area contributed by atoms with Crippen LogP contribution in [0.4, 0.5) is 0 Å². The Morgan fingerprint density at radius 2 is 1.88 bits per heavy atom. The van der Waals surface area contributed by atoms with Gasteiger partial charge in [0.15, 0.2) is 0 Å². The van der Waals surface area contributed by atoms with Crippen molar-refractivity contribution in [2.45, 2.75) is 58.5 Å². The molecule has 0 saturated carbocycles. The zero-order valence-electron chi connectivity index (χ0n) is 16.4. The second-order valence-electron chi connectivity index (χ2n) is 8.06. The van der Waals surface area contributed by atoms with E-state index >= 15 is 0 Å². The van der Waals surface area contributed by atoms with E-state index in [1.54, 1.807) is 0 Å². The highest BCUT2D eigenvalue weighted by atomic mass is 32.1. The van der Waals surface area contributed by atoms with Gasteiger partial charge in [-0.25, -0.2) is 0 Å². The van der Waals surface area contributed by atoms with E-state index in [1.165, 1.54) is 78.5 Å². The third kappa shape index (κ3) is 4.08. The number of hydrogen-bond donors (Lipinski definition) is 1. The summed E-state index contributed by atoms with van der Waals surface area (Å²) in [6, 6.07) is 5.53. The number of likely N-dealkylation sites (tertiary alicyclic amines) is 2. The van der Waals surface area contributed by atoms with Crippen LogP contribution in [-0.4, -0.2) is 48.6 Å². The second-order valence-corrected chi connectivity index (χ2v) is 9.23. The summed E-state index contributed by atoms with van der Waals surface area (Å²) in [5, 5.41) is 3.56. The smallest absolute Gasteiger partial charge is 0.0363 e. The SMILES string of the molecule is CCC1=CC(c2ccc(CN3CCC(N4CCCC4)CC3)s2)=C(C)NC1. The summed E-state index contributed by atoms with van der Waals surface area (Å²) in [6.45, 7) is 11.8. The van der Waals surface area contributed by atoms with Gasteiger partial charge in [-0.3, -0.25) is 4.90 Å². The van der Waals surface area contributed by atoms with Crippen molar-refractivity contribution in [2.24, 2.45) is 0 Å². The van der Waals surface area contributed by atoms with Crippen molar-refractivity contribution in [1.82, 2.24) is 15.1 Å². The van der Waals surface area contributed by atoms with E-state index in [9.17, 15) is 0 Å². The van der Waals surface area contributed by atoms with Gasteiger partial charge in [0.05, 0.1) is 0 Å². The molecule has 1 aromatic heterocycles. The van der Waals surface area contributed by atoms with Crippen LogP contribution in [0, 0.1) is 0 Å². The number of piperidine rings is 1. The molecule has 26 heavy (non-hydrogen) atoms. The number of nitrogens with zero attached hydrogens (tertiary/aromatic N) is 2. The van der Waals surface area contributed by atoms with Crippen LogP contribution in [0.2, 0.25) is 0 Å². The number of nitrogens with one attached hydrogen (secondary N) is 1. The standard InChI is InChI=1S/C22H33N3S/c1-3-18-14-21(17(2)23-15-18)22-7-6-20(26-22)16-24-12-8-19(9-13-24)25-10-4-5-11-25/h6-7,14,19,23H,3-5,8-13,15-16H2,1-2H3. The molecule has 0 atom stereocenters. The summed E-state index contributed by atoms with van der Waals surface area (Å²) < 4.78 is 0. The summed E-state index contributed by atoms with van der Waals surface area (Å²) in [6.07, 6.45) is 9.08. The Labute approximate surface area is 162 Å². The molecule has 0 amide bonds. The quantitative estimate of drug-likeness (QED) is 0.823. The van der Waals surface area contributed by atoms with Crippen LogP contribution in [0.1, 0.15) is 55.7 Å². The highest BCUT2D eigenvalue weighted by molar-refractivity contribution is 7.13. The molecule has 0 spiro atoms. The summed E-state index contributed by atoms with van der Waals surface area (Å²) in [4.78, 5) is 8.33. The van der Waals surface area contributed by atoms with Gasteiger partial charge < -0.3 is 10.2 Å². The summed E-state index contributed by atoms with van der Waals surface area (Å²) >= 11 is 1.98. The van der Waals surface area contributed by atoms with Gasteiger partial charge in [-0.1, -0.05) is 18.6 Å². The molecular weight excluding hydrogens is 338 g/mol. The van der Waals surface area contributed by atoms with Crippen molar-refractivity contribution in [2.75, 3.05) is 32.7 Å². The van der Waals surface area contributed by atoms with Crippen LogP contribution >= 0.6 is 11.3 Å². The molecule has 3 aliphatic rings. The number of thiophene rings is 1. The molecule has 0 aromatic carbocycles. The number of allylic oxidation sites excluding steroid dienone is 3. The lowest BCUT2D eigenvalue weighted by molar-refractivity contribution is 0.123. The Bertz CT molecular complexity index is 673. The van der Waals surface area contributed by atoms with Crippen LogP contribution in [0.3, 0.4) is 0 Å². The third-order valence-corrected chi connectivity index (χ3v) is 7.41. The van der Waals surface area contributed by atoms with Crippen LogP contribution in [-0.2, 0) is 6.54 Å². The first-order valence-electron chi connectivity index (χ1n) is 10.4. The lowest BCUT2D eigenvalue weighted by atomic mass is 10.0. The van der Waals surface area contributed by atoms with Gasteiger partial charge in [-0.15, -0.1) is 11.3 Å². The topological polar surface area (TPSA) is 18.5 Å². The zero-order valence-corrected chi connectivity index (χ0v) is 17.2. The Morgan fingerprint density at radius 1 is 1.12 bits per heavy atom. The molecule has 2 fully saturated rings. The third-order valence-electron chi connectivity index (χ3n) is 6.31. The highest BCUT2D eigenvalue weighted by Gasteiger charge is 2.26. The number of rotatable bonds is 5. The number of dihydropyridines is 1. The molecule has 0 radical (unpaired) electrons. The fourth-order valence-electron chi connectivity index (χ4n) is 4.57. The molecule has 4 heteroatoms. The maximum absolute atomic E-state index is 3.56. The Hall–Kier alpha value is -1.10. The average molecular weight is 372 g/mol. The minimum Gasteiger partial charge on any atom is -0.384 e. The molecule has 1 aromatic rings. The summed E-state index contributed by atoms with van der Waals surface area (Å²) in [7, 11) is 0. The van der Waals surface area contributed by atoms with E-state index in [1.807, 2.05) is 11.3 Å². The summed E-state index contributed by atoms with van der Waals surface area (Å²) in [5.41, 5.74) is 4.23. The van der Waals surface area contributed by atoms with Gasteiger partial charge in [0.25, 0.3) is 0 Å². The summed E-state index contributed by atoms with van der Waals surface area (Å²) in [5.74, 6) is 0. The second kappa shape index (κ2) is 8.28. The molecule has 0 bridgehead atoms. The van der Waals surface area contributed by atoms with Gasteiger partial charge >= 0.3 is 0 Å². The van der Waals surface area contributed by atoms with E-state index in [0.29, 0.717) is 0 Å². The number of hydrogen-bond acceptors (Lipinski definition) is 4. The Balaban J connectivity index is 1.35. The molecular formula is C22H33N3S. The molecule has 3 aliphatic heterocycles. The van der Waals surface area contributed by atoms with E-state index in [2.05, 4.69) is 47.2 Å². The van der Waals surface area contributed by atoms with E-state index in [0.717, 1.165) is 25.6 Å². The Kier molecular flexibility index (Phi) is 5.82. The van der Waals surface area contributed by atoms with Gasteiger partial charge in [0.2, 0.25) is 0 Å². The highest BCUT2D eigenvalue weighted by Crippen LogP contribution is 2.31. The molecule has 2 saturated heterocycles. The maximum Gasteiger partial charge on any atom is 0.0363 e. The molecule has 0 unspecified atom stereocenters. The first-order chi connectivity index (χ1) is 12.7. The van der Waals surface area contributed by atoms with Crippen molar-refractivity contribution in [3.8, 4) is 0 Å². The zero-order chi connectivity index (χ0) is 17.9. The molecule has 0 aliphatic carbocycles. The first kappa shape index (κ1) is 18.3. The van der Waals surface area contributed by atoms with Crippen molar-refractivity contribution in [3.63, 3.8) is 0 Å². The van der Waals surface area contributed by atoms with Crippen LogP contribution in [0.25, 0.3) is 5.57 Å². The lowest BCUT2D eigenvalue weighted by Gasteiger charge is -2.36. The van der Waals surface area contributed by atoms with Crippen LogP contribution in [0.5, 0.6) is 0 Å².